The molecule has 0 amide bonds. The lowest BCUT2D eigenvalue weighted by atomic mass is 10.2. The van der Waals surface area contributed by atoms with Crippen molar-refractivity contribution in [1.82, 2.24) is 0 Å². The second-order valence-electron chi connectivity index (χ2n) is 2.76. The SMILES string of the molecule is O=S(O)Cc1ccc2ccoc2c1. The average molecular weight is 196 g/mol. The third-order valence-corrected chi connectivity index (χ3v) is 2.39. The molecule has 0 saturated carbocycles. The molecule has 0 spiro atoms. The van der Waals surface area contributed by atoms with Crippen LogP contribution in [0, 0.1) is 0 Å². The molecule has 0 aliphatic carbocycles. The molecule has 2 aromatic rings. The second-order valence-corrected chi connectivity index (χ2v) is 3.69. The van der Waals surface area contributed by atoms with Crippen molar-refractivity contribution in [3.05, 3.63) is 36.1 Å². The first-order valence-electron chi connectivity index (χ1n) is 3.79. The number of fused-ring (bicyclic) bond motifs is 1. The Labute approximate surface area is 77.6 Å². The van der Waals surface area contributed by atoms with Crippen LogP contribution in [0.3, 0.4) is 0 Å². The number of rotatable bonds is 2. The lowest BCUT2D eigenvalue weighted by Gasteiger charge is -1.96. The molecule has 0 saturated heterocycles. The molecule has 0 radical (unpaired) electrons. The van der Waals surface area contributed by atoms with Crippen molar-refractivity contribution in [3.63, 3.8) is 0 Å². The van der Waals surface area contributed by atoms with Crippen molar-refractivity contribution in [2.75, 3.05) is 0 Å². The Balaban J connectivity index is 2.42. The predicted octanol–water partition coefficient (Wildman–Crippen LogP) is 2.15. The molecule has 4 heteroatoms. The molecule has 68 valence electrons. The van der Waals surface area contributed by atoms with Gasteiger partial charge in [-0.1, -0.05) is 12.1 Å². The minimum Gasteiger partial charge on any atom is -0.464 e. The van der Waals surface area contributed by atoms with E-state index < -0.39 is 11.1 Å². The van der Waals surface area contributed by atoms with Crippen LogP contribution in [0.15, 0.2) is 34.9 Å². The van der Waals surface area contributed by atoms with E-state index in [-0.39, 0.29) is 5.75 Å². The molecule has 1 N–H and O–H groups in total. The molecule has 0 bridgehead atoms. The lowest BCUT2D eigenvalue weighted by molar-refractivity contribution is 0.563. The van der Waals surface area contributed by atoms with Gasteiger partial charge in [-0.2, -0.15) is 0 Å². The Morgan fingerprint density at radius 1 is 1.38 bits per heavy atom. The number of hydrogen-bond acceptors (Lipinski definition) is 2. The van der Waals surface area contributed by atoms with Crippen molar-refractivity contribution in [2.24, 2.45) is 0 Å². The summed E-state index contributed by atoms with van der Waals surface area (Å²) in [6.07, 6.45) is 1.60. The number of benzene rings is 1. The van der Waals surface area contributed by atoms with Gasteiger partial charge in [-0.05, 0) is 17.7 Å². The molecule has 1 heterocycles. The molecular weight excluding hydrogens is 188 g/mol. The Kier molecular flexibility index (Phi) is 2.16. The van der Waals surface area contributed by atoms with E-state index >= 15 is 0 Å². The van der Waals surface area contributed by atoms with Crippen LogP contribution in [0.1, 0.15) is 5.56 Å². The molecule has 1 unspecified atom stereocenters. The molecule has 0 fully saturated rings. The summed E-state index contributed by atoms with van der Waals surface area (Å²) in [5, 5.41) is 1.01. The third kappa shape index (κ3) is 1.79. The van der Waals surface area contributed by atoms with Gasteiger partial charge in [0.1, 0.15) is 5.58 Å². The first-order valence-corrected chi connectivity index (χ1v) is 5.07. The lowest BCUT2D eigenvalue weighted by Crippen LogP contribution is -1.91. The fourth-order valence-corrected chi connectivity index (χ4v) is 1.70. The molecule has 3 nitrogen and oxygen atoms in total. The van der Waals surface area contributed by atoms with Gasteiger partial charge in [0.2, 0.25) is 0 Å². The van der Waals surface area contributed by atoms with Crippen LogP contribution in [-0.2, 0) is 16.8 Å². The highest BCUT2D eigenvalue weighted by molar-refractivity contribution is 7.78. The fraction of sp³-hybridized carbons (Fsp3) is 0.111. The molecule has 1 atom stereocenters. The standard InChI is InChI=1S/C9H8O3S/c10-13(11)6-7-1-2-8-3-4-12-9(8)5-7/h1-5H,6H2,(H,10,11). The van der Waals surface area contributed by atoms with E-state index in [9.17, 15) is 4.21 Å². The van der Waals surface area contributed by atoms with Crippen molar-refractivity contribution in [3.8, 4) is 0 Å². The smallest absolute Gasteiger partial charge is 0.157 e. The highest BCUT2D eigenvalue weighted by atomic mass is 32.2. The van der Waals surface area contributed by atoms with Crippen LogP contribution in [0.4, 0.5) is 0 Å². The Morgan fingerprint density at radius 2 is 2.23 bits per heavy atom. The van der Waals surface area contributed by atoms with Crippen molar-refractivity contribution >= 4 is 22.0 Å². The van der Waals surface area contributed by atoms with Gasteiger partial charge in [-0.3, -0.25) is 0 Å². The Morgan fingerprint density at radius 3 is 3.00 bits per heavy atom. The molecule has 13 heavy (non-hydrogen) atoms. The minimum absolute atomic E-state index is 0.149. The highest BCUT2D eigenvalue weighted by Gasteiger charge is 2.01. The summed E-state index contributed by atoms with van der Waals surface area (Å²) in [7, 11) is 0. The van der Waals surface area contributed by atoms with Crippen LogP contribution in [0.2, 0.25) is 0 Å². The van der Waals surface area contributed by atoms with Crippen LogP contribution in [-0.4, -0.2) is 8.76 Å². The molecule has 1 aromatic carbocycles. The molecule has 1 aromatic heterocycles. The van der Waals surface area contributed by atoms with E-state index in [0.29, 0.717) is 0 Å². The van der Waals surface area contributed by atoms with Crippen LogP contribution < -0.4 is 0 Å². The third-order valence-electron chi connectivity index (χ3n) is 1.81. The van der Waals surface area contributed by atoms with E-state index in [0.717, 1.165) is 16.5 Å². The van der Waals surface area contributed by atoms with Gasteiger partial charge in [0.25, 0.3) is 0 Å². The maximum absolute atomic E-state index is 10.5. The van der Waals surface area contributed by atoms with Gasteiger partial charge < -0.3 is 8.97 Å². The summed E-state index contributed by atoms with van der Waals surface area (Å²) in [5.41, 5.74) is 1.56. The quantitative estimate of drug-likeness (QED) is 0.749. The van der Waals surface area contributed by atoms with Crippen molar-refractivity contribution < 1.29 is 13.2 Å². The van der Waals surface area contributed by atoms with Crippen LogP contribution >= 0.6 is 0 Å². The van der Waals surface area contributed by atoms with Crippen LogP contribution in [0.5, 0.6) is 0 Å². The summed E-state index contributed by atoms with van der Waals surface area (Å²) in [4.78, 5) is 0. The molecule has 2 rings (SSSR count). The molecule has 0 aliphatic rings. The summed E-state index contributed by atoms with van der Waals surface area (Å²) >= 11 is -1.79. The van der Waals surface area contributed by atoms with Gasteiger partial charge in [0.15, 0.2) is 11.1 Å². The first kappa shape index (κ1) is 8.47. The number of furan rings is 1. The van der Waals surface area contributed by atoms with Gasteiger partial charge >= 0.3 is 0 Å². The van der Waals surface area contributed by atoms with Gasteiger partial charge in [0.05, 0.1) is 12.0 Å². The molecule has 0 aliphatic heterocycles. The Hall–Kier alpha value is -1.13. The first-order chi connectivity index (χ1) is 6.25. The van der Waals surface area contributed by atoms with Gasteiger partial charge in [-0.25, -0.2) is 4.21 Å². The zero-order valence-electron chi connectivity index (χ0n) is 6.77. The predicted molar refractivity (Wildman–Crippen MR) is 50.7 cm³/mol. The summed E-state index contributed by atoms with van der Waals surface area (Å²) in [6, 6.07) is 7.34. The Bertz CT molecular complexity index is 447. The summed E-state index contributed by atoms with van der Waals surface area (Å²) in [6.45, 7) is 0. The van der Waals surface area contributed by atoms with Crippen LogP contribution in [0.25, 0.3) is 11.0 Å². The second kappa shape index (κ2) is 3.32. The maximum Gasteiger partial charge on any atom is 0.157 e. The van der Waals surface area contributed by atoms with Gasteiger partial charge in [-0.15, -0.1) is 0 Å². The number of hydrogen-bond donors (Lipinski definition) is 1. The van der Waals surface area contributed by atoms with E-state index in [1.54, 1.807) is 12.3 Å². The van der Waals surface area contributed by atoms with E-state index in [1.807, 2.05) is 18.2 Å². The van der Waals surface area contributed by atoms with Gasteiger partial charge in [0, 0.05) is 5.39 Å². The largest absolute Gasteiger partial charge is 0.464 e. The average Bonchev–Trinajstić information content (AvgIpc) is 2.49. The van der Waals surface area contributed by atoms with E-state index in [1.165, 1.54) is 0 Å². The minimum atomic E-state index is -1.79. The van der Waals surface area contributed by atoms with Crippen molar-refractivity contribution in [2.45, 2.75) is 5.75 Å². The van der Waals surface area contributed by atoms with E-state index in [2.05, 4.69) is 0 Å². The molecular formula is C9H8O3S. The summed E-state index contributed by atoms with van der Waals surface area (Å²) in [5.74, 6) is 0.149. The van der Waals surface area contributed by atoms with E-state index in [4.69, 9.17) is 8.97 Å². The highest BCUT2D eigenvalue weighted by Crippen LogP contribution is 2.17. The fourth-order valence-electron chi connectivity index (χ4n) is 1.23. The summed E-state index contributed by atoms with van der Waals surface area (Å²) < 4.78 is 24.4. The topological polar surface area (TPSA) is 50.4 Å². The zero-order chi connectivity index (χ0) is 9.26. The zero-order valence-corrected chi connectivity index (χ0v) is 7.58. The van der Waals surface area contributed by atoms with Crippen molar-refractivity contribution in [1.29, 1.82) is 0 Å². The maximum atomic E-state index is 10.5. The normalized spacial score (nSPS) is 13.3. The monoisotopic (exact) mass is 196 g/mol.